The van der Waals surface area contributed by atoms with Crippen LogP contribution in [0.25, 0.3) is 11.0 Å². The Morgan fingerprint density at radius 2 is 1.72 bits per heavy atom. The molecule has 0 bridgehead atoms. The van der Waals surface area contributed by atoms with Crippen LogP contribution in [0, 0.1) is 13.8 Å². The summed E-state index contributed by atoms with van der Waals surface area (Å²) in [6.07, 6.45) is 1.26. The number of benzene rings is 3. The Balaban J connectivity index is 1.48. The zero-order valence-corrected chi connectivity index (χ0v) is 18.2. The third-order valence-electron chi connectivity index (χ3n) is 4.78. The lowest BCUT2D eigenvalue weighted by molar-refractivity contribution is -0.118. The maximum atomic E-state index is 12.8. The largest absolute Gasteiger partial charge is 0.484 e. The minimum absolute atomic E-state index is 0.0644. The minimum Gasteiger partial charge on any atom is -0.484 e. The van der Waals surface area contributed by atoms with Crippen LogP contribution >= 0.6 is 11.6 Å². The number of nitrogens with one attached hydrogen (secondary N) is 1. The highest BCUT2D eigenvalue weighted by molar-refractivity contribution is 6.32. The number of ether oxygens (including phenoxy) is 2. The van der Waals surface area contributed by atoms with Crippen molar-refractivity contribution in [3.8, 4) is 17.2 Å². The van der Waals surface area contributed by atoms with Crippen molar-refractivity contribution in [3.05, 3.63) is 93.3 Å². The Kier molecular flexibility index (Phi) is 6.14. The van der Waals surface area contributed by atoms with E-state index in [0.29, 0.717) is 33.2 Å². The van der Waals surface area contributed by atoms with E-state index in [1.54, 1.807) is 42.5 Å². The first-order valence-electron chi connectivity index (χ1n) is 9.88. The van der Waals surface area contributed by atoms with Gasteiger partial charge in [0.2, 0.25) is 11.2 Å². The molecule has 1 aromatic heterocycles. The lowest BCUT2D eigenvalue weighted by atomic mass is 10.1. The van der Waals surface area contributed by atoms with Crippen LogP contribution in [-0.4, -0.2) is 12.5 Å². The van der Waals surface area contributed by atoms with E-state index in [1.807, 2.05) is 32.0 Å². The van der Waals surface area contributed by atoms with Gasteiger partial charge < -0.3 is 19.2 Å². The molecule has 0 aliphatic carbocycles. The topological polar surface area (TPSA) is 77.8 Å². The van der Waals surface area contributed by atoms with Gasteiger partial charge in [0.25, 0.3) is 5.91 Å². The monoisotopic (exact) mass is 449 g/mol. The third-order valence-corrected chi connectivity index (χ3v) is 5.38. The highest BCUT2D eigenvalue weighted by Crippen LogP contribution is 2.29. The maximum absolute atomic E-state index is 12.8. The summed E-state index contributed by atoms with van der Waals surface area (Å²) in [5.41, 5.74) is 2.40. The summed E-state index contributed by atoms with van der Waals surface area (Å²) in [4.78, 5) is 24.9. The van der Waals surface area contributed by atoms with Gasteiger partial charge >= 0.3 is 0 Å². The molecule has 1 amide bonds. The van der Waals surface area contributed by atoms with Crippen LogP contribution in [0.1, 0.15) is 11.1 Å². The zero-order chi connectivity index (χ0) is 22.7. The number of para-hydroxylation sites is 1. The molecule has 32 heavy (non-hydrogen) atoms. The van der Waals surface area contributed by atoms with Crippen molar-refractivity contribution in [2.45, 2.75) is 13.8 Å². The second kappa shape index (κ2) is 9.16. The van der Waals surface area contributed by atoms with Crippen LogP contribution in [0.4, 0.5) is 5.69 Å². The average molecular weight is 450 g/mol. The molecule has 1 heterocycles. The molecule has 4 rings (SSSR count). The molecule has 0 aliphatic heterocycles. The molecule has 0 saturated heterocycles. The lowest BCUT2D eigenvalue weighted by Gasteiger charge is -2.10. The van der Waals surface area contributed by atoms with E-state index in [0.717, 1.165) is 11.1 Å². The first-order valence-corrected chi connectivity index (χ1v) is 10.3. The van der Waals surface area contributed by atoms with Gasteiger partial charge in [-0.05, 0) is 61.4 Å². The molecular weight excluding hydrogens is 430 g/mol. The molecule has 162 valence electrons. The van der Waals surface area contributed by atoms with E-state index >= 15 is 0 Å². The summed E-state index contributed by atoms with van der Waals surface area (Å²) in [7, 11) is 0. The molecule has 0 aliphatic rings. The summed E-state index contributed by atoms with van der Waals surface area (Å²) < 4.78 is 16.9. The van der Waals surface area contributed by atoms with Crippen LogP contribution in [-0.2, 0) is 4.79 Å². The second-order valence-corrected chi connectivity index (χ2v) is 7.64. The van der Waals surface area contributed by atoms with E-state index in [1.165, 1.54) is 6.26 Å². The summed E-state index contributed by atoms with van der Waals surface area (Å²) >= 11 is 6.19. The van der Waals surface area contributed by atoms with Crippen molar-refractivity contribution in [1.82, 2.24) is 0 Å². The highest BCUT2D eigenvalue weighted by atomic mass is 35.5. The maximum Gasteiger partial charge on any atom is 0.262 e. The van der Waals surface area contributed by atoms with Gasteiger partial charge in [-0.3, -0.25) is 9.59 Å². The van der Waals surface area contributed by atoms with Crippen molar-refractivity contribution < 1.29 is 18.7 Å². The van der Waals surface area contributed by atoms with Crippen LogP contribution in [0.2, 0.25) is 5.02 Å². The van der Waals surface area contributed by atoms with Gasteiger partial charge in [-0.1, -0.05) is 29.8 Å². The number of hydrogen-bond acceptors (Lipinski definition) is 5. The Labute approximate surface area is 189 Å². The number of amides is 1. The van der Waals surface area contributed by atoms with E-state index in [4.69, 9.17) is 25.5 Å². The number of carbonyl (C=O) groups is 1. The summed E-state index contributed by atoms with van der Waals surface area (Å²) in [6, 6.07) is 17.4. The number of anilines is 1. The number of carbonyl (C=O) groups excluding carboxylic acids is 1. The van der Waals surface area contributed by atoms with Crippen molar-refractivity contribution in [1.29, 1.82) is 0 Å². The molecule has 0 unspecified atom stereocenters. The average Bonchev–Trinajstić information content (AvgIpc) is 2.78. The van der Waals surface area contributed by atoms with Crippen molar-refractivity contribution >= 4 is 34.2 Å². The second-order valence-electron chi connectivity index (χ2n) is 7.26. The van der Waals surface area contributed by atoms with Crippen LogP contribution in [0.5, 0.6) is 17.2 Å². The number of rotatable bonds is 6. The third kappa shape index (κ3) is 4.76. The summed E-state index contributed by atoms with van der Waals surface area (Å²) in [5.74, 6) is 0.673. The Hall–Kier alpha value is -3.77. The van der Waals surface area contributed by atoms with Gasteiger partial charge in [0.05, 0.1) is 5.39 Å². The smallest absolute Gasteiger partial charge is 0.262 e. The van der Waals surface area contributed by atoms with Crippen LogP contribution < -0.4 is 20.2 Å². The van der Waals surface area contributed by atoms with Crippen molar-refractivity contribution in [2.75, 3.05) is 11.9 Å². The SMILES string of the molecule is Cc1cc(Oc2coc3cc(OCC(=O)Nc4ccccc4)ccc3c2=O)cc(C)c1Cl. The molecule has 7 heteroatoms. The predicted molar refractivity (Wildman–Crippen MR) is 124 cm³/mol. The Morgan fingerprint density at radius 1 is 1.00 bits per heavy atom. The fourth-order valence-corrected chi connectivity index (χ4v) is 3.32. The Morgan fingerprint density at radius 3 is 2.44 bits per heavy atom. The zero-order valence-electron chi connectivity index (χ0n) is 17.5. The predicted octanol–water partition coefficient (Wildman–Crippen LogP) is 5.87. The highest BCUT2D eigenvalue weighted by Gasteiger charge is 2.12. The molecule has 0 fully saturated rings. The molecule has 0 spiro atoms. The summed E-state index contributed by atoms with van der Waals surface area (Å²) in [5, 5.41) is 3.74. The van der Waals surface area contributed by atoms with Crippen molar-refractivity contribution in [3.63, 3.8) is 0 Å². The molecule has 4 aromatic rings. The fourth-order valence-electron chi connectivity index (χ4n) is 3.21. The first kappa shape index (κ1) is 21.5. The van der Waals surface area contributed by atoms with Crippen LogP contribution in [0.3, 0.4) is 0 Å². The van der Waals surface area contributed by atoms with Gasteiger partial charge in [-0.15, -0.1) is 0 Å². The molecule has 0 atom stereocenters. The quantitative estimate of drug-likeness (QED) is 0.398. The van der Waals surface area contributed by atoms with Gasteiger partial charge in [-0.2, -0.15) is 0 Å². The fraction of sp³-hybridized carbons (Fsp3) is 0.120. The van der Waals surface area contributed by atoms with Crippen molar-refractivity contribution in [2.24, 2.45) is 0 Å². The number of hydrogen-bond donors (Lipinski definition) is 1. The van der Waals surface area contributed by atoms with E-state index in [-0.39, 0.29) is 23.7 Å². The van der Waals surface area contributed by atoms with Crippen LogP contribution in [0.15, 0.2) is 76.1 Å². The minimum atomic E-state index is -0.315. The molecule has 3 aromatic carbocycles. The number of halogens is 1. The lowest BCUT2D eigenvalue weighted by Crippen LogP contribution is -2.20. The van der Waals surface area contributed by atoms with Gasteiger partial charge in [-0.25, -0.2) is 0 Å². The van der Waals surface area contributed by atoms with Gasteiger partial charge in [0, 0.05) is 16.8 Å². The number of fused-ring (bicyclic) bond motifs is 1. The molecule has 0 radical (unpaired) electrons. The molecular formula is C25H20ClNO5. The Bertz CT molecular complexity index is 1320. The normalized spacial score (nSPS) is 10.7. The van der Waals surface area contributed by atoms with Gasteiger partial charge in [0.15, 0.2) is 6.61 Å². The molecule has 6 nitrogen and oxygen atoms in total. The molecule has 1 N–H and O–H groups in total. The van der Waals surface area contributed by atoms with Gasteiger partial charge in [0.1, 0.15) is 23.3 Å². The molecule has 0 saturated carbocycles. The number of aryl methyl sites for hydroxylation is 2. The standard InChI is InChI=1S/C25H20ClNO5/c1-15-10-19(11-16(2)24(15)26)32-22-13-31-21-12-18(8-9-20(21)25(22)29)30-14-23(28)27-17-6-4-3-5-7-17/h3-13H,14H2,1-2H3,(H,27,28). The van der Waals surface area contributed by atoms with E-state index in [2.05, 4.69) is 5.32 Å². The first-order chi connectivity index (χ1) is 15.4. The van der Waals surface area contributed by atoms with E-state index in [9.17, 15) is 9.59 Å². The van der Waals surface area contributed by atoms with E-state index < -0.39 is 0 Å². The summed E-state index contributed by atoms with van der Waals surface area (Å²) in [6.45, 7) is 3.56.